The molecule has 0 fully saturated rings. The highest BCUT2D eigenvalue weighted by Gasteiger charge is 1.92. The lowest BCUT2D eigenvalue weighted by Gasteiger charge is -1.95. The van der Waals surface area contributed by atoms with E-state index < -0.39 is 0 Å². The highest BCUT2D eigenvalue weighted by Crippen LogP contribution is 2.09. The Kier molecular flexibility index (Phi) is 2.37. The molecule has 1 aliphatic rings. The van der Waals surface area contributed by atoms with Crippen LogP contribution in [0.2, 0.25) is 0 Å². The fourth-order valence-corrected chi connectivity index (χ4v) is 0.899. The Labute approximate surface area is 56.0 Å². The second-order valence-corrected chi connectivity index (χ2v) is 2.14. The van der Waals surface area contributed by atoms with E-state index in [-0.39, 0.29) is 0 Å². The Hall–Kier alpha value is -0.720. The Morgan fingerprint density at radius 1 is 1.44 bits per heavy atom. The van der Waals surface area contributed by atoms with Crippen molar-refractivity contribution >= 4 is 0 Å². The van der Waals surface area contributed by atoms with Crippen LogP contribution in [0.4, 0.5) is 0 Å². The van der Waals surface area contributed by atoms with Gasteiger partial charge in [-0.15, -0.1) is 0 Å². The lowest BCUT2D eigenvalue weighted by molar-refractivity contribution is 0.305. The minimum Gasteiger partial charge on any atom is -0.497 e. The van der Waals surface area contributed by atoms with Gasteiger partial charge in [-0.3, -0.25) is 0 Å². The predicted octanol–water partition coefficient (Wildman–Crippen LogP) is 2.26. The van der Waals surface area contributed by atoms with E-state index >= 15 is 0 Å². The van der Waals surface area contributed by atoms with Gasteiger partial charge in [-0.1, -0.05) is 6.08 Å². The van der Waals surface area contributed by atoms with Crippen molar-refractivity contribution in [2.75, 3.05) is 7.11 Å². The van der Waals surface area contributed by atoms with Crippen LogP contribution in [0.5, 0.6) is 0 Å². The molecule has 50 valence electrons. The van der Waals surface area contributed by atoms with Crippen LogP contribution < -0.4 is 0 Å². The van der Waals surface area contributed by atoms with Gasteiger partial charge in [0, 0.05) is 0 Å². The SMILES string of the molecule is COC1=CCCCC=C1. The maximum absolute atomic E-state index is 5.05. The monoisotopic (exact) mass is 124 g/mol. The highest BCUT2D eigenvalue weighted by molar-refractivity contribution is 5.13. The number of methoxy groups -OCH3 is 1. The van der Waals surface area contributed by atoms with Crippen molar-refractivity contribution in [3.05, 3.63) is 24.0 Å². The van der Waals surface area contributed by atoms with Crippen LogP contribution in [0.25, 0.3) is 0 Å². The summed E-state index contributed by atoms with van der Waals surface area (Å²) >= 11 is 0. The zero-order chi connectivity index (χ0) is 6.53. The fraction of sp³-hybridized carbons (Fsp3) is 0.500. The van der Waals surface area contributed by atoms with Gasteiger partial charge in [0.05, 0.1) is 7.11 Å². The van der Waals surface area contributed by atoms with Crippen LogP contribution in [0.1, 0.15) is 19.3 Å². The molecule has 0 heterocycles. The molecule has 1 nitrogen and oxygen atoms in total. The number of allylic oxidation sites excluding steroid dienone is 3. The van der Waals surface area contributed by atoms with Crippen molar-refractivity contribution in [3.63, 3.8) is 0 Å². The van der Waals surface area contributed by atoms with Gasteiger partial charge >= 0.3 is 0 Å². The molecule has 0 bridgehead atoms. The molecule has 0 atom stereocenters. The molecule has 0 saturated heterocycles. The summed E-state index contributed by atoms with van der Waals surface area (Å²) < 4.78 is 5.05. The van der Waals surface area contributed by atoms with Gasteiger partial charge in [0.15, 0.2) is 0 Å². The van der Waals surface area contributed by atoms with Gasteiger partial charge in [-0.05, 0) is 31.4 Å². The summed E-state index contributed by atoms with van der Waals surface area (Å²) in [4.78, 5) is 0. The first-order valence-corrected chi connectivity index (χ1v) is 3.34. The van der Waals surface area contributed by atoms with E-state index in [1.807, 2.05) is 6.08 Å². The molecule has 0 N–H and O–H groups in total. The van der Waals surface area contributed by atoms with Crippen molar-refractivity contribution in [2.24, 2.45) is 0 Å². The average Bonchev–Trinajstić information content (AvgIpc) is 2.13. The summed E-state index contributed by atoms with van der Waals surface area (Å²) in [5.74, 6) is 1.01. The highest BCUT2D eigenvalue weighted by atomic mass is 16.5. The molecule has 9 heavy (non-hydrogen) atoms. The summed E-state index contributed by atoms with van der Waals surface area (Å²) in [5.41, 5.74) is 0. The molecule has 0 saturated carbocycles. The lowest BCUT2D eigenvalue weighted by atomic mass is 10.2. The van der Waals surface area contributed by atoms with Crippen LogP contribution in [0.3, 0.4) is 0 Å². The molecule has 1 rings (SSSR count). The summed E-state index contributed by atoms with van der Waals surface area (Å²) in [5, 5.41) is 0. The minimum atomic E-state index is 1.01. The zero-order valence-electron chi connectivity index (χ0n) is 5.76. The van der Waals surface area contributed by atoms with Gasteiger partial charge in [0.25, 0.3) is 0 Å². The van der Waals surface area contributed by atoms with E-state index in [4.69, 9.17) is 4.74 Å². The third-order valence-corrected chi connectivity index (χ3v) is 1.44. The second kappa shape index (κ2) is 3.33. The molecular weight excluding hydrogens is 112 g/mol. The van der Waals surface area contributed by atoms with Crippen LogP contribution in [0, 0.1) is 0 Å². The van der Waals surface area contributed by atoms with Gasteiger partial charge in [0.1, 0.15) is 5.76 Å². The quantitative estimate of drug-likeness (QED) is 0.521. The van der Waals surface area contributed by atoms with Gasteiger partial charge < -0.3 is 4.74 Å². The van der Waals surface area contributed by atoms with E-state index in [0.717, 1.165) is 12.2 Å². The largest absolute Gasteiger partial charge is 0.497 e. The lowest BCUT2D eigenvalue weighted by Crippen LogP contribution is -1.78. The molecule has 0 aliphatic heterocycles. The minimum absolute atomic E-state index is 1.01. The molecule has 1 aliphatic carbocycles. The van der Waals surface area contributed by atoms with E-state index in [0.29, 0.717) is 0 Å². The van der Waals surface area contributed by atoms with E-state index in [9.17, 15) is 0 Å². The number of ether oxygens (including phenoxy) is 1. The van der Waals surface area contributed by atoms with E-state index in [1.165, 1.54) is 12.8 Å². The maximum Gasteiger partial charge on any atom is 0.114 e. The Morgan fingerprint density at radius 2 is 2.33 bits per heavy atom. The summed E-state index contributed by atoms with van der Waals surface area (Å²) in [6.07, 6.45) is 9.90. The standard InChI is InChI=1S/C8H12O/c1-9-8-6-4-2-3-5-7-8/h4,6-7H,2-3,5H2,1H3. The van der Waals surface area contributed by atoms with Crippen LogP contribution in [-0.4, -0.2) is 7.11 Å². The fourth-order valence-electron chi connectivity index (χ4n) is 0.899. The van der Waals surface area contributed by atoms with Crippen molar-refractivity contribution in [2.45, 2.75) is 19.3 Å². The van der Waals surface area contributed by atoms with E-state index in [1.54, 1.807) is 7.11 Å². The first-order valence-electron chi connectivity index (χ1n) is 3.34. The first kappa shape index (κ1) is 6.40. The van der Waals surface area contributed by atoms with Crippen LogP contribution in [-0.2, 0) is 4.74 Å². The molecule has 1 heteroatoms. The topological polar surface area (TPSA) is 9.23 Å². The number of hydrogen-bond acceptors (Lipinski definition) is 1. The molecule has 0 radical (unpaired) electrons. The van der Waals surface area contributed by atoms with Gasteiger partial charge in [-0.25, -0.2) is 0 Å². The molecule has 0 aromatic rings. The van der Waals surface area contributed by atoms with Crippen LogP contribution >= 0.6 is 0 Å². The normalized spacial score (nSPS) is 18.6. The van der Waals surface area contributed by atoms with E-state index in [2.05, 4.69) is 12.2 Å². The number of hydrogen-bond donors (Lipinski definition) is 0. The molecule has 0 amide bonds. The van der Waals surface area contributed by atoms with Crippen molar-refractivity contribution in [1.29, 1.82) is 0 Å². The molecule has 0 spiro atoms. The maximum atomic E-state index is 5.05. The molecule has 0 unspecified atom stereocenters. The second-order valence-electron chi connectivity index (χ2n) is 2.14. The Balaban J connectivity index is 2.53. The number of rotatable bonds is 1. The molecule has 0 aromatic carbocycles. The smallest absolute Gasteiger partial charge is 0.114 e. The third-order valence-electron chi connectivity index (χ3n) is 1.44. The Bertz CT molecular complexity index is 134. The summed E-state index contributed by atoms with van der Waals surface area (Å²) in [6.45, 7) is 0. The van der Waals surface area contributed by atoms with Gasteiger partial charge in [0.2, 0.25) is 0 Å². The first-order chi connectivity index (χ1) is 4.43. The Morgan fingerprint density at radius 3 is 3.11 bits per heavy atom. The summed E-state index contributed by atoms with van der Waals surface area (Å²) in [7, 11) is 1.71. The van der Waals surface area contributed by atoms with Crippen molar-refractivity contribution in [3.8, 4) is 0 Å². The van der Waals surface area contributed by atoms with Crippen molar-refractivity contribution in [1.82, 2.24) is 0 Å². The average molecular weight is 124 g/mol. The van der Waals surface area contributed by atoms with Gasteiger partial charge in [-0.2, -0.15) is 0 Å². The summed E-state index contributed by atoms with van der Waals surface area (Å²) in [6, 6.07) is 0. The van der Waals surface area contributed by atoms with Crippen molar-refractivity contribution < 1.29 is 4.74 Å². The zero-order valence-corrected chi connectivity index (χ0v) is 5.76. The molecule has 0 aromatic heterocycles. The predicted molar refractivity (Wildman–Crippen MR) is 38.1 cm³/mol. The third kappa shape index (κ3) is 1.92. The van der Waals surface area contributed by atoms with Crippen LogP contribution in [0.15, 0.2) is 24.0 Å². The molecular formula is C8H12O.